The summed E-state index contributed by atoms with van der Waals surface area (Å²) in [5.74, 6) is -0.261. The molecule has 1 aromatic rings. The average Bonchev–Trinajstić information content (AvgIpc) is 2.38. The fourth-order valence-electron chi connectivity index (χ4n) is 1.66. The van der Waals surface area contributed by atoms with Crippen molar-refractivity contribution < 1.29 is 9.53 Å². The highest BCUT2D eigenvalue weighted by Gasteiger charge is 2.25. The fraction of sp³-hybridized carbons (Fsp3) is 0.500. The number of rotatable bonds is 5. The number of ether oxygens (including phenoxy) is 1. The molecule has 110 valence electrons. The van der Waals surface area contributed by atoms with Gasteiger partial charge in [-0.05, 0) is 12.5 Å². The van der Waals surface area contributed by atoms with E-state index in [1.165, 1.54) is 0 Å². The van der Waals surface area contributed by atoms with Gasteiger partial charge in [0.25, 0.3) is 0 Å². The summed E-state index contributed by atoms with van der Waals surface area (Å²) in [5, 5.41) is 3.15. The molecule has 3 nitrogen and oxygen atoms in total. The second-order valence-corrected chi connectivity index (χ2v) is 6.13. The van der Waals surface area contributed by atoms with Gasteiger partial charge in [-0.1, -0.05) is 63.3 Å². The molecule has 20 heavy (non-hydrogen) atoms. The second kappa shape index (κ2) is 7.39. The first-order valence-electron chi connectivity index (χ1n) is 6.86. The Morgan fingerprint density at radius 3 is 2.40 bits per heavy atom. The molecule has 1 rings (SSSR count). The predicted molar refractivity (Wildman–Crippen MR) is 85.8 cm³/mol. The lowest BCUT2D eigenvalue weighted by Crippen LogP contribution is -2.46. The first-order valence-corrected chi connectivity index (χ1v) is 7.27. The molecule has 4 heteroatoms. The first-order chi connectivity index (χ1) is 9.34. The summed E-state index contributed by atoms with van der Waals surface area (Å²) in [7, 11) is 0. The number of carbonyl (C=O) groups is 1. The molecule has 0 aromatic heterocycles. The summed E-state index contributed by atoms with van der Waals surface area (Å²) < 4.78 is 5.13. The first kappa shape index (κ1) is 16.6. The third-order valence-electron chi connectivity index (χ3n) is 2.84. The molecule has 0 spiro atoms. The normalized spacial score (nSPS) is 12.6. The van der Waals surface area contributed by atoms with Crippen molar-refractivity contribution in [3.63, 3.8) is 0 Å². The van der Waals surface area contributed by atoms with Gasteiger partial charge in [0.1, 0.15) is 6.04 Å². The monoisotopic (exact) mass is 293 g/mol. The number of thiocarbonyl (C=S) groups is 1. The van der Waals surface area contributed by atoms with E-state index in [1.54, 1.807) is 6.92 Å². The summed E-state index contributed by atoms with van der Waals surface area (Å²) in [6.45, 7) is 8.24. The van der Waals surface area contributed by atoms with Crippen molar-refractivity contribution in [3.8, 4) is 0 Å². The maximum Gasteiger partial charge on any atom is 0.328 e. The molecule has 0 heterocycles. The van der Waals surface area contributed by atoms with Crippen molar-refractivity contribution in [1.29, 1.82) is 0 Å². The smallest absolute Gasteiger partial charge is 0.328 e. The molecule has 0 saturated heterocycles. The van der Waals surface area contributed by atoms with E-state index in [0.29, 0.717) is 18.0 Å². The molecule has 0 aliphatic heterocycles. The van der Waals surface area contributed by atoms with Crippen molar-refractivity contribution in [2.45, 2.75) is 40.2 Å². The van der Waals surface area contributed by atoms with Crippen LogP contribution >= 0.6 is 12.2 Å². The number of hydrogen-bond acceptors (Lipinski definition) is 3. The van der Waals surface area contributed by atoms with E-state index >= 15 is 0 Å². The number of carbonyl (C=O) groups excluding carboxylic acids is 1. The standard InChI is InChI=1S/C16H23NO2S/c1-5-19-14(18)13(17-15(20)16(2,3)4)11-12-9-7-6-8-10-12/h6-10,13H,5,11H2,1-4H3,(H,17,20). The van der Waals surface area contributed by atoms with E-state index in [0.717, 1.165) is 5.56 Å². The van der Waals surface area contributed by atoms with Crippen LogP contribution in [-0.2, 0) is 16.0 Å². The molecule has 1 N–H and O–H groups in total. The zero-order chi connectivity index (χ0) is 15.2. The summed E-state index contributed by atoms with van der Waals surface area (Å²) in [5.41, 5.74) is 0.909. The highest BCUT2D eigenvalue weighted by Crippen LogP contribution is 2.16. The van der Waals surface area contributed by atoms with Gasteiger partial charge < -0.3 is 10.1 Å². The Bertz CT molecular complexity index is 451. The number of esters is 1. The average molecular weight is 293 g/mol. The van der Waals surface area contributed by atoms with Crippen LogP contribution in [0.5, 0.6) is 0 Å². The van der Waals surface area contributed by atoms with Crippen LogP contribution in [0, 0.1) is 5.41 Å². The lowest BCUT2D eigenvalue weighted by atomic mass is 9.95. The van der Waals surface area contributed by atoms with Crippen molar-refractivity contribution >= 4 is 23.2 Å². The topological polar surface area (TPSA) is 38.3 Å². The summed E-state index contributed by atoms with van der Waals surface area (Å²) in [4.78, 5) is 12.7. The predicted octanol–water partition coefficient (Wildman–Crippen LogP) is 3.12. The summed E-state index contributed by atoms with van der Waals surface area (Å²) >= 11 is 5.37. The van der Waals surface area contributed by atoms with Crippen LogP contribution in [0.15, 0.2) is 30.3 Å². The van der Waals surface area contributed by atoms with E-state index in [-0.39, 0.29) is 11.4 Å². The van der Waals surface area contributed by atoms with Crippen LogP contribution in [0.25, 0.3) is 0 Å². The van der Waals surface area contributed by atoms with Crippen LogP contribution < -0.4 is 5.32 Å². The summed E-state index contributed by atoms with van der Waals surface area (Å²) in [6.07, 6.45) is 0.565. The van der Waals surface area contributed by atoms with Crippen molar-refractivity contribution in [1.82, 2.24) is 5.32 Å². The SMILES string of the molecule is CCOC(=O)C(Cc1ccccc1)NC(=S)C(C)(C)C. The highest BCUT2D eigenvalue weighted by atomic mass is 32.1. The Labute approximate surface area is 126 Å². The van der Waals surface area contributed by atoms with Gasteiger partial charge in [-0.3, -0.25) is 0 Å². The Kier molecular flexibility index (Phi) is 6.14. The molecule has 1 unspecified atom stereocenters. The van der Waals surface area contributed by atoms with E-state index < -0.39 is 6.04 Å². The van der Waals surface area contributed by atoms with Crippen molar-refractivity contribution in [2.75, 3.05) is 6.61 Å². The zero-order valence-electron chi connectivity index (χ0n) is 12.6. The molecule has 1 atom stereocenters. The molecule has 0 fully saturated rings. The Hall–Kier alpha value is -1.42. The van der Waals surface area contributed by atoms with Crippen LogP contribution in [0.2, 0.25) is 0 Å². The minimum absolute atomic E-state index is 0.170. The zero-order valence-corrected chi connectivity index (χ0v) is 13.4. The Morgan fingerprint density at radius 1 is 1.30 bits per heavy atom. The van der Waals surface area contributed by atoms with E-state index in [1.807, 2.05) is 51.1 Å². The van der Waals surface area contributed by atoms with Gasteiger partial charge in [0.15, 0.2) is 0 Å². The molecular weight excluding hydrogens is 270 g/mol. The quantitative estimate of drug-likeness (QED) is 0.668. The van der Waals surface area contributed by atoms with E-state index in [2.05, 4.69) is 5.32 Å². The van der Waals surface area contributed by atoms with Gasteiger partial charge in [0, 0.05) is 11.8 Å². The molecule has 0 radical (unpaired) electrons. The van der Waals surface area contributed by atoms with Crippen LogP contribution in [0.4, 0.5) is 0 Å². The fourth-order valence-corrected chi connectivity index (χ4v) is 1.80. The molecule has 0 bridgehead atoms. The lowest BCUT2D eigenvalue weighted by molar-refractivity contribution is -0.145. The lowest BCUT2D eigenvalue weighted by Gasteiger charge is -2.26. The largest absolute Gasteiger partial charge is 0.464 e. The number of benzene rings is 1. The van der Waals surface area contributed by atoms with Crippen molar-refractivity contribution in [2.24, 2.45) is 5.41 Å². The minimum atomic E-state index is -0.441. The Balaban J connectivity index is 2.81. The molecule has 0 aliphatic carbocycles. The highest BCUT2D eigenvalue weighted by molar-refractivity contribution is 7.80. The molecule has 0 saturated carbocycles. The van der Waals surface area contributed by atoms with Crippen LogP contribution in [0.1, 0.15) is 33.3 Å². The third-order valence-corrected chi connectivity index (χ3v) is 3.57. The number of nitrogens with one attached hydrogen (secondary N) is 1. The van der Waals surface area contributed by atoms with Gasteiger partial charge in [0.05, 0.1) is 11.6 Å². The van der Waals surface area contributed by atoms with E-state index in [9.17, 15) is 4.79 Å². The molecule has 1 aromatic carbocycles. The van der Waals surface area contributed by atoms with Crippen LogP contribution in [0.3, 0.4) is 0 Å². The second-order valence-electron chi connectivity index (χ2n) is 5.72. The minimum Gasteiger partial charge on any atom is -0.464 e. The Morgan fingerprint density at radius 2 is 1.90 bits per heavy atom. The maximum absolute atomic E-state index is 12.1. The van der Waals surface area contributed by atoms with Crippen LogP contribution in [-0.4, -0.2) is 23.6 Å². The molecule has 0 aliphatic rings. The van der Waals surface area contributed by atoms with Crippen molar-refractivity contribution in [3.05, 3.63) is 35.9 Å². The van der Waals surface area contributed by atoms with Gasteiger partial charge in [0.2, 0.25) is 0 Å². The molecular formula is C16H23NO2S. The third kappa shape index (κ3) is 5.29. The molecule has 0 amide bonds. The maximum atomic E-state index is 12.1. The van der Waals surface area contributed by atoms with Gasteiger partial charge in [-0.25, -0.2) is 4.79 Å². The van der Waals surface area contributed by atoms with E-state index in [4.69, 9.17) is 17.0 Å². The van der Waals surface area contributed by atoms with Gasteiger partial charge in [-0.15, -0.1) is 0 Å². The number of hydrogen-bond donors (Lipinski definition) is 1. The summed E-state index contributed by atoms with van der Waals surface area (Å²) in [6, 6.07) is 9.42. The van der Waals surface area contributed by atoms with Gasteiger partial charge in [-0.2, -0.15) is 0 Å². The van der Waals surface area contributed by atoms with Gasteiger partial charge >= 0.3 is 5.97 Å².